The molecule has 0 aromatic heterocycles. The van der Waals surface area contributed by atoms with Crippen molar-refractivity contribution in [2.45, 2.75) is 44.8 Å². The lowest BCUT2D eigenvalue weighted by Crippen LogP contribution is -2.68. The van der Waals surface area contributed by atoms with Crippen LogP contribution < -0.4 is 14.8 Å². The van der Waals surface area contributed by atoms with Crippen molar-refractivity contribution in [1.29, 1.82) is 0 Å². The Morgan fingerprint density at radius 1 is 0.868 bits per heavy atom. The first-order chi connectivity index (χ1) is 18.1. The molecule has 0 radical (unpaired) electrons. The number of hydrogen-bond acceptors (Lipinski definition) is 3. The maximum atomic E-state index is 11.6. The fourth-order valence-corrected chi connectivity index (χ4v) is 9.62. The van der Waals surface area contributed by atoms with Gasteiger partial charge in [-0.3, -0.25) is 0 Å². The Bertz CT molecular complexity index is 1340. The predicted octanol–water partition coefficient (Wildman–Crippen LogP) is 6.64. The number of aliphatic hydroxyl groups is 1. The van der Waals surface area contributed by atoms with Gasteiger partial charge < -0.3 is 14.6 Å². The Hall–Kier alpha value is -3.38. The highest BCUT2D eigenvalue weighted by Crippen LogP contribution is 2.38. The molecule has 4 aromatic carbocycles. The van der Waals surface area contributed by atoms with Gasteiger partial charge in [0.05, 0.1) is 11.7 Å². The third kappa shape index (κ3) is 5.86. The number of rotatable bonds is 9. The van der Waals surface area contributed by atoms with Crippen LogP contribution in [0, 0.1) is 0 Å². The molecule has 0 aliphatic heterocycles. The number of carboxylic acids is 1. The summed E-state index contributed by atoms with van der Waals surface area (Å²) in [5.41, 5.74) is 1.53. The van der Waals surface area contributed by atoms with Gasteiger partial charge in [-0.05, 0) is 63.6 Å². The number of benzene rings is 4. The van der Waals surface area contributed by atoms with Crippen LogP contribution in [0.25, 0.3) is 0 Å². The van der Waals surface area contributed by atoms with Crippen LogP contribution in [0.3, 0.4) is 0 Å². The first-order valence-corrected chi connectivity index (χ1v) is 15.0. The molecule has 196 valence electrons. The van der Waals surface area contributed by atoms with Crippen molar-refractivity contribution in [2.24, 2.45) is 0 Å². The second-order valence-electron chi connectivity index (χ2n) is 10.5. The van der Waals surface area contributed by atoms with E-state index >= 15 is 0 Å². The van der Waals surface area contributed by atoms with E-state index in [4.69, 9.17) is 16.0 Å². The fraction of sp³-hybridized carbons (Fsp3) is 0.219. The maximum Gasteiger partial charge on any atom is 0.336 e. The Morgan fingerprint density at radius 2 is 1.47 bits per heavy atom. The number of halogens is 1. The summed E-state index contributed by atoms with van der Waals surface area (Å²) in [6.45, 7) is 6.68. The topological polar surface area (TPSA) is 66.8 Å². The quantitative estimate of drug-likeness (QED) is 0.232. The van der Waals surface area contributed by atoms with Crippen LogP contribution in [-0.2, 0) is 6.42 Å². The van der Waals surface area contributed by atoms with Gasteiger partial charge in [0.15, 0.2) is 0 Å². The molecule has 4 aromatic rings. The van der Waals surface area contributed by atoms with Crippen LogP contribution in [0.4, 0.5) is 0 Å². The van der Waals surface area contributed by atoms with Crippen molar-refractivity contribution in [3.8, 4) is 5.75 Å². The Balaban J connectivity index is 1.66. The van der Waals surface area contributed by atoms with Gasteiger partial charge in [-0.2, -0.15) is 0 Å². The average molecular weight is 545 g/mol. The molecule has 0 aliphatic rings. The minimum absolute atomic E-state index is 0.161. The average Bonchev–Trinajstić information content (AvgIpc) is 2.91. The summed E-state index contributed by atoms with van der Waals surface area (Å²) < 4.78 is 7.09. The van der Waals surface area contributed by atoms with Crippen molar-refractivity contribution in [1.82, 2.24) is 0 Å². The number of hydrogen-bond donors (Lipinski definition) is 2. The minimum Gasteiger partial charge on any atom is -0.534 e. The molecule has 0 fully saturated rings. The molecule has 0 bridgehead atoms. The second kappa shape index (κ2) is 11.6. The molecule has 4 nitrogen and oxygen atoms in total. The number of aliphatic hydroxyl groups excluding tert-OH is 1. The van der Waals surface area contributed by atoms with Crippen molar-refractivity contribution >= 4 is 36.3 Å². The monoisotopic (exact) mass is 544 g/mol. The summed E-state index contributed by atoms with van der Waals surface area (Å²) in [6, 6.07) is 33.3. The normalized spacial score (nSPS) is 12.7. The Morgan fingerprint density at radius 3 is 2.03 bits per heavy atom. The molecule has 2 N–H and O–H groups in total. The number of aryl methyl sites for hydroxylation is 1. The standard InChI is InChI=1S/C32H33ClO4Si/c1-32(2,3)38(27-13-6-4-7-14-27,28-15-8-5-9-16-28)37-26-12-10-11-24(21-26)30(34)20-18-23-17-19-25(33)22-29(23)31(35)36/h4-17,19,21-22,30,34H,18,20H2,1-3H3,(H,35,36). The number of carboxylic acid groups (broad SMARTS) is 1. The van der Waals surface area contributed by atoms with Gasteiger partial charge in [-0.25, -0.2) is 4.79 Å². The molecule has 0 aliphatic carbocycles. The molecule has 38 heavy (non-hydrogen) atoms. The molecule has 1 unspecified atom stereocenters. The van der Waals surface area contributed by atoms with Crippen LogP contribution in [0.1, 0.15) is 54.8 Å². The number of carbonyl (C=O) groups is 1. The van der Waals surface area contributed by atoms with Crippen LogP contribution in [0.5, 0.6) is 5.75 Å². The van der Waals surface area contributed by atoms with E-state index in [-0.39, 0.29) is 10.6 Å². The van der Waals surface area contributed by atoms with Gasteiger partial charge in [-0.1, -0.05) is 111 Å². The van der Waals surface area contributed by atoms with Crippen LogP contribution in [-0.4, -0.2) is 24.5 Å². The predicted molar refractivity (Wildman–Crippen MR) is 156 cm³/mol. The molecule has 0 saturated heterocycles. The zero-order chi connectivity index (χ0) is 27.3. The minimum atomic E-state index is -2.80. The summed E-state index contributed by atoms with van der Waals surface area (Å²) in [6.07, 6.45) is -0.0142. The van der Waals surface area contributed by atoms with E-state index in [1.165, 1.54) is 16.4 Å². The van der Waals surface area contributed by atoms with Gasteiger partial charge in [0.2, 0.25) is 0 Å². The van der Waals surface area contributed by atoms with E-state index in [1.807, 2.05) is 36.4 Å². The third-order valence-electron chi connectivity index (χ3n) is 6.92. The second-order valence-corrected chi connectivity index (χ2v) is 15.2. The molecule has 1 atom stereocenters. The fourth-order valence-electron chi connectivity index (χ4n) is 5.04. The van der Waals surface area contributed by atoms with Gasteiger partial charge in [0.25, 0.3) is 0 Å². The first kappa shape index (κ1) is 27.6. The summed E-state index contributed by atoms with van der Waals surface area (Å²) in [4.78, 5) is 11.6. The molecule has 0 heterocycles. The molecular weight excluding hydrogens is 512 g/mol. The van der Waals surface area contributed by atoms with Crippen molar-refractivity contribution in [3.63, 3.8) is 0 Å². The Kier molecular flexibility index (Phi) is 8.41. The lowest BCUT2D eigenvalue weighted by molar-refractivity contribution is 0.0695. The van der Waals surface area contributed by atoms with Gasteiger partial charge in [0, 0.05) is 5.02 Å². The largest absolute Gasteiger partial charge is 0.534 e. The molecule has 0 saturated carbocycles. The highest BCUT2D eigenvalue weighted by molar-refractivity contribution is 7.00. The van der Waals surface area contributed by atoms with E-state index in [1.54, 1.807) is 12.1 Å². The zero-order valence-electron chi connectivity index (χ0n) is 21.9. The lowest BCUT2D eigenvalue weighted by Gasteiger charge is -2.43. The van der Waals surface area contributed by atoms with E-state index < -0.39 is 20.4 Å². The summed E-state index contributed by atoms with van der Waals surface area (Å²) in [7, 11) is -2.80. The highest BCUT2D eigenvalue weighted by Gasteiger charge is 2.52. The number of aromatic carboxylic acids is 1. The SMILES string of the molecule is CC(C)(C)[Si](Oc1cccc(C(O)CCc2ccc(Cl)cc2C(=O)O)c1)(c1ccccc1)c1ccccc1. The van der Waals surface area contributed by atoms with E-state index in [9.17, 15) is 15.0 Å². The lowest BCUT2D eigenvalue weighted by atomic mass is 9.98. The molecule has 0 amide bonds. The van der Waals surface area contributed by atoms with Gasteiger partial charge >= 0.3 is 14.3 Å². The van der Waals surface area contributed by atoms with Crippen molar-refractivity contribution < 1.29 is 19.4 Å². The Labute approximate surface area is 230 Å². The van der Waals surface area contributed by atoms with Crippen molar-refractivity contribution in [2.75, 3.05) is 0 Å². The summed E-state index contributed by atoms with van der Waals surface area (Å²) in [5, 5.41) is 23.1. The smallest absolute Gasteiger partial charge is 0.336 e. The van der Waals surface area contributed by atoms with Crippen molar-refractivity contribution in [3.05, 3.63) is 125 Å². The van der Waals surface area contributed by atoms with E-state index in [2.05, 4.69) is 69.3 Å². The molecule has 6 heteroatoms. The first-order valence-electron chi connectivity index (χ1n) is 12.7. The molecule has 4 rings (SSSR count). The van der Waals surface area contributed by atoms with Crippen LogP contribution in [0.15, 0.2) is 103 Å². The van der Waals surface area contributed by atoms with E-state index in [0.29, 0.717) is 29.2 Å². The molecule has 0 spiro atoms. The van der Waals surface area contributed by atoms with E-state index in [0.717, 1.165) is 5.56 Å². The highest BCUT2D eigenvalue weighted by atomic mass is 35.5. The summed E-state index contributed by atoms with van der Waals surface area (Å²) >= 11 is 5.99. The van der Waals surface area contributed by atoms with Crippen LogP contribution >= 0.6 is 11.6 Å². The van der Waals surface area contributed by atoms with Gasteiger partial charge in [-0.15, -0.1) is 0 Å². The third-order valence-corrected chi connectivity index (χ3v) is 12.1. The maximum absolute atomic E-state index is 11.6. The molecular formula is C32H33ClO4Si. The summed E-state index contributed by atoms with van der Waals surface area (Å²) in [5.74, 6) is -0.328. The van der Waals surface area contributed by atoms with Crippen LogP contribution in [0.2, 0.25) is 10.1 Å². The zero-order valence-corrected chi connectivity index (χ0v) is 23.7. The van der Waals surface area contributed by atoms with Gasteiger partial charge in [0.1, 0.15) is 5.75 Å².